The van der Waals surface area contributed by atoms with Crippen molar-refractivity contribution in [2.24, 2.45) is 0 Å². The molecule has 36 heavy (non-hydrogen) atoms. The molecular weight excluding hydrogens is 455 g/mol. The van der Waals surface area contributed by atoms with Crippen LogP contribution >= 0.6 is 0 Å². The number of nitrogens with one attached hydrogen (secondary N) is 3. The number of hydrogen-bond acceptors (Lipinski definition) is 3. The van der Waals surface area contributed by atoms with Gasteiger partial charge >= 0.3 is 0 Å². The van der Waals surface area contributed by atoms with Crippen molar-refractivity contribution in [2.45, 2.75) is 45.7 Å². The number of amides is 1. The zero-order valence-electron chi connectivity index (χ0n) is 20.6. The summed E-state index contributed by atoms with van der Waals surface area (Å²) in [5.41, 5.74) is 10.8. The summed E-state index contributed by atoms with van der Waals surface area (Å²) in [6.07, 6.45) is 7.88. The maximum absolute atomic E-state index is 13.6. The molecule has 1 aliphatic carbocycles. The van der Waals surface area contributed by atoms with Crippen LogP contribution in [0.15, 0.2) is 54.7 Å². The Morgan fingerprint density at radius 1 is 1.22 bits per heavy atom. The van der Waals surface area contributed by atoms with Gasteiger partial charge in [-0.15, -0.1) is 0 Å². The highest BCUT2D eigenvalue weighted by Crippen LogP contribution is 2.37. The second-order valence-electron chi connectivity index (χ2n) is 9.65. The molecular formula is C29H31FN4O2. The highest BCUT2D eigenvalue weighted by Gasteiger charge is 2.28. The average molecular weight is 487 g/mol. The van der Waals surface area contributed by atoms with Crippen molar-refractivity contribution in [3.05, 3.63) is 99.8 Å². The summed E-state index contributed by atoms with van der Waals surface area (Å²) in [6.45, 7) is 5.91. The molecule has 2 heterocycles. The summed E-state index contributed by atoms with van der Waals surface area (Å²) in [5.74, 6) is -0.778. The molecule has 4 N–H and O–H groups in total. The topological polar surface area (TPSA) is 84.2 Å². The van der Waals surface area contributed by atoms with E-state index in [-0.39, 0.29) is 11.9 Å². The van der Waals surface area contributed by atoms with E-state index in [4.69, 9.17) is 5.21 Å². The number of H-pyrrole nitrogens is 2. The van der Waals surface area contributed by atoms with Gasteiger partial charge in [-0.25, -0.2) is 9.87 Å². The molecule has 0 saturated heterocycles. The lowest BCUT2D eigenvalue weighted by Crippen LogP contribution is -2.29. The Kier molecular flexibility index (Phi) is 6.76. The zero-order valence-corrected chi connectivity index (χ0v) is 20.6. The van der Waals surface area contributed by atoms with E-state index in [9.17, 15) is 9.18 Å². The number of aryl methyl sites for hydroxylation is 3. The molecule has 2 aromatic heterocycles. The summed E-state index contributed by atoms with van der Waals surface area (Å²) in [5, 5.41) is 9.78. The number of hydroxylamine groups is 1. The predicted molar refractivity (Wildman–Crippen MR) is 139 cm³/mol. The van der Waals surface area contributed by atoms with Gasteiger partial charge in [-0.2, -0.15) is 0 Å². The summed E-state index contributed by atoms with van der Waals surface area (Å²) in [7, 11) is 0. The van der Waals surface area contributed by atoms with E-state index in [0.717, 1.165) is 48.8 Å². The molecule has 0 spiro atoms. The number of aromatic nitrogens is 2. The van der Waals surface area contributed by atoms with Crippen molar-refractivity contribution >= 4 is 22.9 Å². The van der Waals surface area contributed by atoms with Gasteiger partial charge in [-0.3, -0.25) is 14.9 Å². The van der Waals surface area contributed by atoms with E-state index in [1.165, 1.54) is 45.8 Å². The third-order valence-corrected chi connectivity index (χ3v) is 7.29. The number of hydrogen-bond donors (Lipinski definition) is 4. The van der Waals surface area contributed by atoms with Gasteiger partial charge in [0.25, 0.3) is 5.91 Å². The largest absolute Gasteiger partial charge is 0.361 e. The number of rotatable bonds is 8. The number of nitrogens with zero attached hydrogens (tertiary/aromatic N) is 1. The first-order valence-electron chi connectivity index (χ1n) is 12.3. The predicted octanol–water partition coefficient (Wildman–Crippen LogP) is 5.50. The van der Waals surface area contributed by atoms with Crippen LogP contribution in [0.2, 0.25) is 0 Å². The summed E-state index contributed by atoms with van der Waals surface area (Å²) >= 11 is 0. The average Bonchev–Trinajstić information content (AvgIpc) is 3.56. The van der Waals surface area contributed by atoms with Gasteiger partial charge in [0.05, 0.1) is 0 Å². The van der Waals surface area contributed by atoms with Crippen LogP contribution in [-0.2, 0) is 24.2 Å². The zero-order chi connectivity index (χ0) is 25.2. The number of benzene rings is 2. The first-order valence-corrected chi connectivity index (χ1v) is 12.3. The Morgan fingerprint density at radius 3 is 2.86 bits per heavy atom. The Morgan fingerprint density at radius 2 is 2.08 bits per heavy atom. The highest BCUT2D eigenvalue weighted by molar-refractivity contribution is 5.90. The van der Waals surface area contributed by atoms with Crippen LogP contribution in [0, 0.1) is 19.7 Å². The van der Waals surface area contributed by atoms with E-state index in [0.29, 0.717) is 0 Å². The second-order valence-corrected chi connectivity index (χ2v) is 9.65. The van der Waals surface area contributed by atoms with Crippen molar-refractivity contribution in [1.82, 2.24) is 20.3 Å². The highest BCUT2D eigenvalue weighted by atomic mass is 19.1. The third-order valence-electron chi connectivity index (χ3n) is 7.29. The van der Waals surface area contributed by atoms with Crippen molar-refractivity contribution in [3.8, 4) is 0 Å². The smallest absolute Gasteiger partial charge is 0.267 e. The molecule has 2 aromatic carbocycles. The van der Waals surface area contributed by atoms with Gasteiger partial charge in [0.2, 0.25) is 0 Å². The molecule has 0 aliphatic heterocycles. The quantitative estimate of drug-likeness (QED) is 0.151. The van der Waals surface area contributed by atoms with Gasteiger partial charge in [0.1, 0.15) is 5.82 Å². The van der Waals surface area contributed by atoms with Crippen molar-refractivity contribution < 1.29 is 14.4 Å². The maximum Gasteiger partial charge on any atom is 0.267 e. The molecule has 7 heteroatoms. The van der Waals surface area contributed by atoms with E-state index in [1.807, 2.05) is 18.3 Å². The van der Waals surface area contributed by atoms with Crippen LogP contribution in [0.25, 0.3) is 17.0 Å². The summed E-state index contributed by atoms with van der Waals surface area (Å²) in [6, 6.07) is 13.7. The summed E-state index contributed by atoms with van der Waals surface area (Å²) in [4.78, 5) is 20.6. The fourth-order valence-corrected chi connectivity index (χ4v) is 5.33. The van der Waals surface area contributed by atoms with Crippen LogP contribution in [0.1, 0.15) is 51.7 Å². The molecule has 4 aromatic rings. The molecule has 0 radical (unpaired) electrons. The third kappa shape index (κ3) is 4.98. The van der Waals surface area contributed by atoms with E-state index < -0.39 is 5.91 Å². The fourth-order valence-electron chi connectivity index (χ4n) is 5.33. The second kappa shape index (κ2) is 10.1. The van der Waals surface area contributed by atoms with Crippen LogP contribution in [0.5, 0.6) is 0 Å². The number of carbonyl (C=O) groups excluding carboxylic acids is 1. The Hall–Kier alpha value is -3.68. The molecule has 1 amide bonds. The Balaban J connectivity index is 1.40. The Labute approximate surface area is 209 Å². The van der Waals surface area contributed by atoms with Crippen molar-refractivity contribution in [1.29, 1.82) is 0 Å². The molecule has 0 bridgehead atoms. The number of halogens is 1. The van der Waals surface area contributed by atoms with Crippen LogP contribution in [-0.4, -0.2) is 32.5 Å². The number of carbonyl (C=O) groups is 1. The minimum Gasteiger partial charge on any atom is -0.361 e. The van der Waals surface area contributed by atoms with E-state index in [1.54, 1.807) is 17.6 Å². The molecule has 1 unspecified atom stereocenters. The summed E-state index contributed by atoms with van der Waals surface area (Å²) < 4.78 is 13.6. The monoisotopic (exact) mass is 486 g/mol. The molecule has 5 rings (SSSR count). The van der Waals surface area contributed by atoms with Crippen LogP contribution in [0.4, 0.5) is 4.39 Å². The van der Waals surface area contributed by atoms with Gasteiger partial charge in [-0.1, -0.05) is 18.2 Å². The normalized spacial score (nSPS) is 15.3. The minimum atomic E-state index is -0.545. The lowest BCUT2D eigenvalue weighted by atomic mass is 10.0. The first-order chi connectivity index (χ1) is 17.4. The molecule has 0 fully saturated rings. The van der Waals surface area contributed by atoms with E-state index in [2.05, 4.69) is 46.9 Å². The van der Waals surface area contributed by atoms with Crippen molar-refractivity contribution in [3.63, 3.8) is 0 Å². The lowest BCUT2D eigenvalue weighted by Gasteiger charge is -2.29. The van der Waals surface area contributed by atoms with Gasteiger partial charge in [0.15, 0.2) is 0 Å². The van der Waals surface area contributed by atoms with Gasteiger partial charge in [-0.05, 0) is 91.3 Å². The number of aromatic amines is 2. The van der Waals surface area contributed by atoms with Gasteiger partial charge in [0, 0.05) is 53.7 Å². The molecule has 1 atom stereocenters. The molecule has 1 aliphatic rings. The Bertz CT molecular complexity index is 1420. The first kappa shape index (κ1) is 24.0. The maximum atomic E-state index is 13.6. The molecule has 0 saturated carbocycles. The SMILES string of the molecule is Cc1cc(CN(CCc2c[nH]c3cc(F)ccc23)C2CCc3cc(/C=C/C(=O)NO)ccc32)[nH]c1C. The molecule has 186 valence electrons. The van der Waals surface area contributed by atoms with Crippen LogP contribution in [0.3, 0.4) is 0 Å². The lowest BCUT2D eigenvalue weighted by molar-refractivity contribution is -0.124. The minimum absolute atomic E-state index is 0.233. The van der Waals surface area contributed by atoms with Crippen molar-refractivity contribution in [2.75, 3.05) is 6.54 Å². The molecule has 6 nitrogen and oxygen atoms in total. The van der Waals surface area contributed by atoms with E-state index >= 15 is 0 Å². The van der Waals surface area contributed by atoms with Gasteiger partial charge < -0.3 is 9.97 Å². The number of fused-ring (bicyclic) bond motifs is 2. The van der Waals surface area contributed by atoms with Crippen LogP contribution < -0.4 is 5.48 Å². The standard InChI is InChI=1S/C29H31FN4O2/c1-18-13-24(32-19(18)2)17-34(12-11-22-16-31-27-15-23(30)6-8-25(22)27)28-9-5-21-14-20(3-7-26(21)28)4-10-29(35)33-36/h3-4,6-8,10,13-16,28,31-32,36H,5,9,11-12,17H2,1-2H3,(H,33,35)/b10-4+. The fraction of sp³-hybridized carbons (Fsp3) is 0.276.